The number of nitrogens with two attached hydrogens (primary N) is 1. The Morgan fingerprint density at radius 1 is 1.25 bits per heavy atom. The molecule has 0 saturated carbocycles. The van der Waals surface area contributed by atoms with Crippen molar-refractivity contribution in [3.63, 3.8) is 0 Å². The maximum atomic E-state index is 11.9. The molecule has 2 aromatic rings. The van der Waals surface area contributed by atoms with Crippen molar-refractivity contribution in [3.05, 3.63) is 24.2 Å². The van der Waals surface area contributed by atoms with E-state index in [0.29, 0.717) is 5.52 Å². The van der Waals surface area contributed by atoms with Crippen molar-refractivity contribution in [2.75, 3.05) is 12.3 Å². The summed E-state index contributed by atoms with van der Waals surface area (Å²) in [6.45, 7) is -0.922. The van der Waals surface area contributed by atoms with Crippen molar-refractivity contribution in [2.24, 2.45) is 0 Å². The fraction of sp³-hybridized carbons (Fsp3) is 0.417. The smallest absolute Gasteiger partial charge is 0.390 e. The molecule has 3 rings (SSSR count). The molecule has 1 aliphatic rings. The lowest BCUT2D eigenvalue weighted by atomic mass is 9.96. The molecule has 20 heteroatoms. The molecule has 2 aromatic heterocycles. The van der Waals surface area contributed by atoms with Crippen molar-refractivity contribution < 1.29 is 56.3 Å². The minimum Gasteiger partial charge on any atom is -0.390 e. The fourth-order valence-electron chi connectivity index (χ4n) is 2.98. The first-order valence-electron chi connectivity index (χ1n) is 8.31. The molecule has 2 unspecified atom stereocenters. The van der Waals surface area contributed by atoms with Crippen molar-refractivity contribution in [3.8, 4) is 6.07 Å². The van der Waals surface area contributed by atoms with Gasteiger partial charge in [0.1, 0.15) is 24.0 Å². The van der Waals surface area contributed by atoms with Crippen molar-refractivity contribution in [1.29, 1.82) is 5.26 Å². The van der Waals surface area contributed by atoms with Gasteiger partial charge in [0.25, 0.3) is 0 Å². The molecule has 0 aromatic carbocycles. The molecule has 0 bridgehead atoms. The van der Waals surface area contributed by atoms with Crippen LogP contribution in [-0.2, 0) is 37.2 Å². The van der Waals surface area contributed by atoms with E-state index < -0.39 is 47.9 Å². The first-order valence-corrected chi connectivity index (χ1v) is 12.8. The summed E-state index contributed by atoms with van der Waals surface area (Å²) in [5.41, 5.74) is 4.49. The third-order valence-electron chi connectivity index (χ3n) is 4.17. The summed E-state index contributed by atoms with van der Waals surface area (Å²) in [6.07, 6.45) is -1.99. The number of aliphatic hydroxyl groups is 1. The van der Waals surface area contributed by atoms with Crippen molar-refractivity contribution in [1.82, 2.24) is 14.6 Å². The van der Waals surface area contributed by atoms with E-state index in [2.05, 4.69) is 23.2 Å². The Kier molecular flexibility index (Phi) is 6.64. The number of anilines is 1. The Labute approximate surface area is 178 Å². The highest BCUT2D eigenvalue weighted by Crippen LogP contribution is 2.66. The van der Waals surface area contributed by atoms with Gasteiger partial charge in [-0.2, -0.15) is 19.0 Å². The lowest BCUT2D eigenvalue weighted by Crippen LogP contribution is -2.29. The lowest BCUT2D eigenvalue weighted by Gasteiger charge is -2.22. The van der Waals surface area contributed by atoms with Crippen LogP contribution in [0.1, 0.15) is 12.1 Å². The Hall–Kier alpha value is -1.76. The van der Waals surface area contributed by atoms with Crippen molar-refractivity contribution in [2.45, 2.75) is 24.2 Å². The van der Waals surface area contributed by atoms with Gasteiger partial charge in [0.2, 0.25) is 0 Å². The largest absolute Gasteiger partial charge is 0.490 e. The van der Waals surface area contributed by atoms with E-state index in [0.717, 1.165) is 6.33 Å². The number of nitriles is 1. The number of phosphoric acid groups is 3. The number of ether oxygens (including phenoxy) is 1. The molecule has 0 amide bonds. The third-order valence-corrected chi connectivity index (χ3v) is 7.97. The van der Waals surface area contributed by atoms with Gasteiger partial charge in [0.05, 0.1) is 18.4 Å². The van der Waals surface area contributed by atoms with E-state index in [1.165, 1.54) is 16.6 Å². The minimum atomic E-state index is -5.70. The molecule has 1 aliphatic heterocycles. The topological polar surface area (TPSA) is 269 Å². The van der Waals surface area contributed by atoms with Crippen LogP contribution >= 0.6 is 23.5 Å². The summed E-state index contributed by atoms with van der Waals surface area (Å²) in [5.74, 6) is 0.113. The Bertz CT molecular complexity index is 1210. The van der Waals surface area contributed by atoms with Gasteiger partial charge in [-0.1, -0.05) is 0 Å². The molecule has 3 heterocycles. The van der Waals surface area contributed by atoms with Crippen LogP contribution in [0.15, 0.2) is 18.5 Å². The molecule has 5 atom stereocenters. The molecule has 7 N–H and O–H groups in total. The van der Waals surface area contributed by atoms with Gasteiger partial charge in [0.15, 0.2) is 11.4 Å². The first-order chi connectivity index (χ1) is 14.7. The van der Waals surface area contributed by atoms with Crippen LogP contribution in [0.5, 0.6) is 0 Å². The monoisotopic (exact) mass is 515 g/mol. The zero-order valence-electron chi connectivity index (χ0n) is 15.6. The van der Waals surface area contributed by atoms with Gasteiger partial charge in [-0.25, -0.2) is 23.2 Å². The quantitative estimate of drug-likeness (QED) is 0.242. The normalized spacial score (nSPS) is 27.6. The molecular weight excluding hydrogens is 499 g/mol. The lowest BCUT2D eigenvalue weighted by molar-refractivity contribution is -0.0510. The van der Waals surface area contributed by atoms with Gasteiger partial charge >= 0.3 is 23.5 Å². The molecule has 0 aliphatic carbocycles. The number of nitrogens with zero attached hydrogens (tertiary/aromatic N) is 4. The highest BCUT2D eigenvalue weighted by molar-refractivity contribution is 7.66. The fourth-order valence-corrected chi connectivity index (χ4v) is 6.01. The molecule has 1 fully saturated rings. The molecular formula is C12H16N5O12P3. The molecule has 0 spiro atoms. The molecule has 32 heavy (non-hydrogen) atoms. The average molecular weight is 515 g/mol. The van der Waals surface area contributed by atoms with Gasteiger partial charge in [-0.3, -0.25) is 4.52 Å². The van der Waals surface area contributed by atoms with Crippen LogP contribution in [0, 0.1) is 11.3 Å². The standard InChI is InChI=1S/C12H16N5O12P3/c13-5-12(10-2-1-7-11(14)15-6-16-17(7)10)3-8(18)9(27-12)4-26-31(22,23)29-32(24,25)28-30(19,20)21/h1-2,6,8-9,18H,3-4H2,(H,22,23)(H,24,25)(H2,14,15,16)(H2,19,20,21)/t8-,9+,12-/m0/s1. The van der Waals surface area contributed by atoms with Crippen LogP contribution in [0.2, 0.25) is 0 Å². The number of hydrogen-bond donors (Lipinski definition) is 6. The summed E-state index contributed by atoms with van der Waals surface area (Å²) < 4.78 is 52.4. The predicted octanol–water partition coefficient (Wildman–Crippen LogP) is -0.477. The highest BCUT2D eigenvalue weighted by Gasteiger charge is 2.51. The van der Waals surface area contributed by atoms with Gasteiger partial charge in [-0.05, 0) is 12.1 Å². The Morgan fingerprint density at radius 3 is 2.56 bits per heavy atom. The second-order valence-electron chi connectivity index (χ2n) is 6.41. The highest BCUT2D eigenvalue weighted by atomic mass is 31.3. The van der Waals surface area contributed by atoms with E-state index in [1.54, 1.807) is 0 Å². The van der Waals surface area contributed by atoms with Crippen LogP contribution in [0.3, 0.4) is 0 Å². The zero-order valence-corrected chi connectivity index (χ0v) is 18.3. The summed E-state index contributed by atoms with van der Waals surface area (Å²) in [4.78, 5) is 39.5. The number of nitrogen functional groups attached to an aromatic ring is 1. The maximum Gasteiger partial charge on any atom is 0.490 e. The van der Waals surface area contributed by atoms with Gasteiger partial charge in [-0.15, -0.1) is 0 Å². The van der Waals surface area contributed by atoms with Crippen LogP contribution in [0.25, 0.3) is 5.52 Å². The molecule has 1 saturated heterocycles. The van der Waals surface area contributed by atoms with E-state index in [-0.39, 0.29) is 17.9 Å². The minimum absolute atomic E-state index is 0.113. The van der Waals surface area contributed by atoms with Crippen LogP contribution < -0.4 is 5.73 Å². The number of rotatable bonds is 8. The van der Waals surface area contributed by atoms with Crippen LogP contribution in [0.4, 0.5) is 5.82 Å². The summed E-state index contributed by atoms with van der Waals surface area (Å²) in [7, 11) is -16.7. The average Bonchev–Trinajstić information content (AvgIpc) is 3.20. The Balaban J connectivity index is 1.75. The first kappa shape index (κ1) is 24.9. The van der Waals surface area contributed by atoms with E-state index >= 15 is 0 Å². The van der Waals surface area contributed by atoms with Crippen LogP contribution in [-0.4, -0.2) is 58.1 Å². The second kappa shape index (κ2) is 8.54. The van der Waals surface area contributed by atoms with E-state index in [4.69, 9.17) is 25.2 Å². The van der Waals surface area contributed by atoms with E-state index in [1.807, 2.05) is 6.07 Å². The number of hydrogen-bond acceptors (Lipinski definition) is 12. The second-order valence-corrected chi connectivity index (χ2v) is 10.8. The SMILES string of the molecule is N#C[C@]1(c2ccc3c(N)ncnn23)C[C@H](O)[C@@H](COP(=O)(O)OP(=O)(O)OP(=O)(O)O)O1. The number of fused-ring (bicyclic) bond motifs is 1. The zero-order chi connectivity index (χ0) is 23.9. The summed E-state index contributed by atoms with van der Waals surface area (Å²) in [6, 6.07) is 4.87. The van der Waals surface area contributed by atoms with E-state index in [9.17, 15) is 29.0 Å². The summed E-state index contributed by atoms with van der Waals surface area (Å²) in [5, 5.41) is 24.0. The van der Waals surface area contributed by atoms with Gasteiger partial charge in [0, 0.05) is 6.42 Å². The predicted molar refractivity (Wildman–Crippen MR) is 100 cm³/mol. The number of phosphoric ester groups is 1. The summed E-state index contributed by atoms with van der Waals surface area (Å²) >= 11 is 0. The number of aromatic nitrogens is 3. The Morgan fingerprint density at radius 2 is 1.94 bits per heavy atom. The maximum absolute atomic E-state index is 11.9. The molecule has 17 nitrogen and oxygen atoms in total. The molecule has 176 valence electrons. The van der Waals surface area contributed by atoms with Crippen molar-refractivity contribution >= 4 is 34.8 Å². The number of aliphatic hydroxyl groups excluding tert-OH is 1. The van der Waals surface area contributed by atoms with Gasteiger partial charge < -0.3 is 35.2 Å². The third kappa shape index (κ3) is 5.41. The molecule has 0 radical (unpaired) electrons.